The molecule has 3 aromatic rings. The van der Waals surface area contributed by atoms with Crippen molar-refractivity contribution in [2.75, 3.05) is 16.8 Å². The van der Waals surface area contributed by atoms with Crippen LogP contribution in [0.2, 0.25) is 0 Å². The Morgan fingerprint density at radius 2 is 2.06 bits per heavy atom. The van der Waals surface area contributed by atoms with Gasteiger partial charge >= 0.3 is 0 Å². The van der Waals surface area contributed by atoms with Gasteiger partial charge in [-0.3, -0.25) is 9.89 Å². The number of fused-ring (bicyclic) bond motifs is 1. The third-order valence-electron chi connectivity index (χ3n) is 6.48. The minimum Gasteiger partial charge on any atom is -0.368 e. The van der Waals surface area contributed by atoms with Gasteiger partial charge in [0.2, 0.25) is 11.9 Å². The number of nitrogens with one attached hydrogen (secondary N) is 2. The number of rotatable bonds is 7. The van der Waals surface area contributed by atoms with Gasteiger partial charge in [0.25, 0.3) is 0 Å². The summed E-state index contributed by atoms with van der Waals surface area (Å²) in [5, 5.41) is 10.6. The van der Waals surface area contributed by atoms with Crippen molar-refractivity contribution < 1.29 is 4.79 Å². The molecule has 1 aromatic carbocycles. The van der Waals surface area contributed by atoms with Crippen molar-refractivity contribution in [1.82, 2.24) is 20.2 Å². The number of nitrogens with zero attached hydrogens (tertiary/aromatic N) is 4. The van der Waals surface area contributed by atoms with Gasteiger partial charge < -0.3 is 16.0 Å². The molecule has 4 N–H and O–H groups in total. The minimum absolute atomic E-state index is 0.115. The maximum atomic E-state index is 12.2. The number of carbonyl (C=O) groups excluding carboxylic acids is 1. The Kier molecular flexibility index (Phi) is 4.64. The highest BCUT2D eigenvalue weighted by Gasteiger charge is 2.64. The molecule has 0 spiro atoms. The summed E-state index contributed by atoms with van der Waals surface area (Å²) < 4.78 is 0. The van der Waals surface area contributed by atoms with Crippen LogP contribution in [-0.2, 0) is 17.6 Å². The number of piperidine rings is 1. The minimum atomic E-state index is -0.359. The van der Waals surface area contributed by atoms with Crippen LogP contribution in [0.3, 0.4) is 0 Å². The van der Waals surface area contributed by atoms with Crippen LogP contribution in [0.5, 0.6) is 0 Å². The number of carbonyl (C=O) groups is 1. The molecule has 0 radical (unpaired) electrons. The van der Waals surface area contributed by atoms with Crippen LogP contribution in [-0.4, -0.2) is 38.7 Å². The molecule has 5 rings (SSSR count). The van der Waals surface area contributed by atoms with Crippen molar-refractivity contribution in [3.05, 3.63) is 59.4 Å². The first kappa shape index (κ1) is 19.5. The van der Waals surface area contributed by atoms with E-state index in [0.29, 0.717) is 24.0 Å². The molecule has 0 unspecified atom stereocenters. The topological polar surface area (TPSA) is 113 Å². The predicted octanol–water partition coefficient (Wildman–Crippen LogP) is 2.80. The van der Waals surface area contributed by atoms with Crippen molar-refractivity contribution in [2.45, 2.75) is 39.2 Å². The van der Waals surface area contributed by atoms with Gasteiger partial charge in [-0.1, -0.05) is 44.2 Å². The Balaban J connectivity index is 1.50. The van der Waals surface area contributed by atoms with E-state index in [1.165, 1.54) is 0 Å². The Morgan fingerprint density at radius 3 is 2.77 bits per heavy atom. The molecule has 1 amide bonds. The summed E-state index contributed by atoms with van der Waals surface area (Å²) in [7, 11) is 0. The van der Waals surface area contributed by atoms with Crippen LogP contribution in [0, 0.1) is 11.3 Å². The van der Waals surface area contributed by atoms with Crippen LogP contribution in [0.15, 0.2) is 42.5 Å². The van der Waals surface area contributed by atoms with Gasteiger partial charge in [-0.05, 0) is 29.7 Å². The maximum absolute atomic E-state index is 12.2. The molecule has 8 heteroatoms. The monoisotopic (exact) mass is 417 g/mol. The molecule has 1 saturated carbocycles. The van der Waals surface area contributed by atoms with Gasteiger partial charge in [0.1, 0.15) is 11.9 Å². The van der Waals surface area contributed by atoms with Crippen LogP contribution in [0.25, 0.3) is 0 Å². The second-order valence-corrected chi connectivity index (χ2v) is 8.90. The molecular formula is C23H27N7O. The number of aromatic amines is 1. The van der Waals surface area contributed by atoms with Crippen LogP contribution >= 0.6 is 0 Å². The van der Waals surface area contributed by atoms with E-state index in [-0.39, 0.29) is 23.3 Å². The lowest BCUT2D eigenvalue weighted by atomic mass is 10.1. The highest BCUT2D eigenvalue weighted by molar-refractivity contribution is 5.85. The van der Waals surface area contributed by atoms with E-state index in [2.05, 4.69) is 41.5 Å². The van der Waals surface area contributed by atoms with Crippen molar-refractivity contribution in [3.63, 3.8) is 0 Å². The van der Waals surface area contributed by atoms with E-state index in [4.69, 9.17) is 15.7 Å². The number of aryl methyl sites for hydroxylation is 1. The molecule has 8 nitrogen and oxygen atoms in total. The quantitative estimate of drug-likeness (QED) is 0.545. The highest BCUT2D eigenvalue weighted by atomic mass is 16.1. The number of H-pyrrole nitrogens is 1. The predicted molar refractivity (Wildman–Crippen MR) is 119 cm³/mol. The fourth-order valence-corrected chi connectivity index (χ4v) is 4.68. The summed E-state index contributed by atoms with van der Waals surface area (Å²) in [6, 6.07) is 13.7. The zero-order valence-corrected chi connectivity index (χ0v) is 17.8. The van der Waals surface area contributed by atoms with Gasteiger partial charge in [0, 0.05) is 30.8 Å². The normalized spacial score (nSPS) is 24.1. The van der Waals surface area contributed by atoms with Gasteiger partial charge in [-0.25, -0.2) is 4.98 Å². The molecule has 31 heavy (non-hydrogen) atoms. The zero-order valence-electron chi connectivity index (χ0n) is 17.8. The summed E-state index contributed by atoms with van der Waals surface area (Å²) >= 11 is 0. The third kappa shape index (κ3) is 3.73. The summed E-state index contributed by atoms with van der Waals surface area (Å²) in [4.78, 5) is 23.8. The summed E-state index contributed by atoms with van der Waals surface area (Å²) in [5.74, 6) is 1.87. The number of aromatic nitrogens is 4. The first-order chi connectivity index (χ1) is 14.9. The second-order valence-electron chi connectivity index (χ2n) is 8.90. The number of hydrogen-bond acceptors (Lipinski definition) is 6. The van der Waals surface area contributed by atoms with E-state index in [1.54, 1.807) is 0 Å². The standard InChI is InChI=1S/C23H27N7O/c1-3-15-10-19(29-28-15)26-18-11-16(9-14-7-5-4-6-8-14)25-22(27-18)30-13-23(2)12-17(23)20(30)21(24)31/h4-8,10-11,17,20H,3,9,12-13H2,1-2H3,(H2,24,31)(H2,25,26,27,28,29)/t17-,20-,23+/m0/s1. The van der Waals surface area contributed by atoms with Crippen molar-refractivity contribution in [3.8, 4) is 0 Å². The zero-order chi connectivity index (χ0) is 21.6. The molecule has 2 aliphatic rings. The molecule has 1 saturated heterocycles. The number of primary amides is 1. The first-order valence-corrected chi connectivity index (χ1v) is 10.7. The fraction of sp³-hybridized carbons (Fsp3) is 0.391. The molecule has 160 valence electrons. The van der Waals surface area contributed by atoms with Gasteiger partial charge in [-0.2, -0.15) is 10.1 Å². The number of amides is 1. The molecule has 2 aromatic heterocycles. The number of nitrogens with two attached hydrogens (primary N) is 1. The number of benzene rings is 1. The average Bonchev–Trinajstić information content (AvgIpc) is 3.08. The van der Waals surface area contributed by atoms with E-state index in [0.717, 1.165) is 36.3 Å². The Labute approximate surface area is 181 Å². The molecule has 0 bridgehead atoms. The Bertz CT molecular complexity index is 1110. The van der Waals surface area contributed by atoms with Crippen LogP contribution in [0.4, 0.5) is 17.6 Å². The SMILES string of the molecule is CCc1cc(Nc2cc(Cc3ccccc3)nc(N3C[C@@]4(C)C[C@H]4[C@H]3C(N)=O)n2)n[nH]1. The third-order valence-corrected chi connectivity index (χ3v) is 6.48. The summed E-state index contributed by atoms with van der Waals surface area (Å²) in [6.07, 6.45) is 2.57. The van der Waals surface area contributed by atoms with Crippen molar-refractivity contribution in [1.29, 1.82) is 0 Å². The summed E-state index contributed by atoms with van der Waals surface area (Å²) in [6.45, 7) is 5.01. The first-order valence-electron chi connectivity index (χ1n) is 10.7. The lowest BCUT2D eigenvalue weighted by molar-refractivity contribution is -0.119. The molecule has 1 aliphatic carbocycles. The molecule has 3 atom stereocenters. The van der Waals surface area contributed by atoms with E-state index in [9.17, 15) is 4.79 Å². The fourth-order valence-electron chi connectivity index (χ4n) is 4.68. The average molecular weight is 418 g/mol. The lowest BCUT2D eigenvalue weighted by Gasteiger charge is -2.26. The smallest absolute Gasteiger partial charge is 0.240 e. The molecular weight excluding hydrogens is 390 g/mol. The van der Waals surface area contributed by atoms with Gasteiger partial charge in [-0.15, -0.1) is 0 Å². The Morgan fingerprint density at radius 1 is 1.26 bits per heavy atom. The number of anilines is 3. The van der Waals surface area contributed by atoms with Gasteiger partial charge in [0.15, 0.2) is 5.82 Å². The number of hydrogen-bond donors (Lipinski definition) is 3. The molecule has 2 fully saturated rings. The molecule has 3 heterocycles. The van der Waals surface area contributed by atoms with Crippen LogP contribution < -0.4 is 16.0 Å². The van der Waals surface area contributed by atoms with Gasteiger partial charge in [0.05, 0.1) is 5.69 Å². The largest absolute Gasteiger partial charge is 0.368 e. The second kappa shape index (κ2) is 7.37. The highest BCUT2D eigenvalue weighted by Crippen LogP contribution is 2.60. The summed E-state index contributed by atoms with van der Waals surface area (Å²) in [5.41, 5.74) is 8.97. The maximum Gasteiger partial charge on any atom is 0.240 e. The van der Waals surface area contributed by atoms with Crippen molar-refractivity contribution >= 4 is 23.5 Å². The van der Waals surface area contributed by atoms with E-state index < -0.39 is 0 Å². The van der Waals surface area contributed by atoms with Crippen LogP contribution in [0.1, 0.15) is 37.2 Å². The van der Waals surface area contributed by atoms with E-state index in [1.807, 2.05) is 35.2 Å². The lowest BCUT2D eigenvalue weighted by Crippen LogP contribution is -2.44. The molecule has 1 aliphatic heterocycles. The Hall–Kier alpha value is -3.42. The van der Waals surface area contributed by atoms with Crippen molar-refractivity contribution in [2.24, 2.45) is 17.1 Å². The van der Waals surface area contributed by atoms with E-state index >= 15 is 0 Å².